The van der Waals surface area contributed by atoms with Crippen LogP contribution in [-0.2, 0) is 16.1 Å². The minimum Gasteiger partial charge on any atom is -0.350 e. The Morgan fingerprint density at radius 1 is 1.16 bits per heavy atom. The van der Waals surface area contributed by atoms with E-state index in [4.69, 9.17) is 0 Å². The minimum atomic E-state index is -5.00. The van der Waals surface area contributed by atoms with Crippen LogP contribution in [0.1, 0.15) is 39.2 Å². The normalized spacial score (nSPS) is 21.3. The van der Waals surface area contributed by atoms with Crippen molar-refractivity contribution in [3.63, 3.8) is 0 Å². The maximum absolute atomic E-state index is 13.0. The SMILES string of the molecule is CC(C)(C)C1(C(=O)NCc2ccccc2)CCCN1C(=O)C(F)(F)F. The quantitative estimate of drug-likeness (QED) is 0.904. The molecule has 138 valence electrons. The van der Waals surface area contributed by atoms with Crippen LogP contribution >= 0.6 is 0 Å². The Kier molecular flexibility index (Phi) is 5.16. The molecule has 0 aliphatic carbocycles. The second-order valence-electron chi connectivity index (χ2n) is 7.34. The van der Waals surface area contributed by atoms with E-state index in [-0.39, 0.29) is 19.5 Å². The lowest BCUT2D eigenvalue weighted by molar-refractivity contribution is -0.194. The highest BCUT2D eigenvalue weighted by atomic mass is 19.4. The third-order valence-electron chi connectivity index (χ3n) is 4.78. The standard InChI is InChI=1S/C18H23F3N2O2/c1-16(2,3)17(10-7-11-23(17)15(25)18(19,20)21)14(24)22-12-13-8-5-4-6-9-13/h4-6,8-9H,7,10-12H2,1-3H3,(H,22,24). The molecular weight excluding hydrogens is 333 g/mol. The van der Waals surface area contributed by atoms with Gasteiger partial charge in [0.1, 0.15) is 5.54 Å². The molecule has 1 N–H and O–H groups in total. The Hall–Kier alpha value is -2.05. The first-order chi connectivity index (χ1) is 11.5. The summed E-state index contributed by atoms with van der Waals surface area (Å²) in [6.45, 7) is 5.20. The molecule has 0 bridgehead atoms. The third-order valence-corrected chi connectivity index (χ3v) is 4.78. The molecule has 1 fully saturated rings. The van der Waals surface area contributed by atoms with Gasteiger partial charge < -0.3 is 10.2 Å². The average Bonchev–Trinajstić information content (AvgIpc) is 2.97. The van der Waals surface area contributed by atoms with E-state index in [0.29, 0.717) is 11.3 Å². The van der Waals surface area contributed by atoms with E-state index >= 15 is 0 Å². The minimum absolute atomic E-state index is 0.0750. The number of rotatable bonds is 3. The van der Waals surface area contributed by atoms with Crippen LogP contribution in [0.5, 0.6) is 0 Å². The number of alkyl halides is 3. The number of hydrogen-bond acceptors (Lipinski definition) is 2. The predicted molar refractivity (Wildman–Crippen MR) is 87.5 cm³/mol. The smallest absolute Gasteiger partial charge is 0.350 e. The van der Waals surface area contributed by atoms with Gasteiger partial charge in [0, 0.05) is 13.1 Å². The van der Waals surface area contributed by atoms with Gasteiger partial charge in [-0.25, -0.2) is 0 Å². The van der Waals surface area contributed by atoms with E-state index in [1.807, 2.05) is 30.3 Å². The first-order valence-electron chi connectivity index (χ1n) is 8.21. The summed E-state index contributed by atoms with van der Waals surface area (Å²) in [7, 11) is 0. The summed E-state index contributed by atoms with van der Waals surface area (Å²) in [5.74, 6) is -2.49. The number of hydrogen-bond donors (Lipinski definition) is 1. The molecule has 7 heteroatoms. The molecule has 25 heavy (non-hydrogen) atoms. The van der Waals surface area contributed by atoms with Gasteiger partial charge in [-0.1, -0.05) is 51.1 Å². The largest absolute Gasteiger partial charge is 0.471 e. The van der Waals surface area contributed by atoms with E-state index < -0.39 is 28.9 Å². The van der Waals surface area contributed by atoms with Crippen molar-refractivity contribution in [1.29, 1.82) is 0 Å². The van der Waals surface area contributed by atoms with Gasteiger partial charge in [0.25, 0.3) is 0 Å². The second-order valence-corrected chi connectivity index (χ2v) is 7.34. The Morgan fingerprint density at radius 3 is 2.28 bits per heavy atom. The number of halogens is 3. The molecule has 1 aliphatic rings. The van der Waals surface area contributed by atoms with E-state index in [1.54, 1.807) is 20.8 Å². The molecule has 1 aromatic rings. The van der Waals surface area contributed by atoms with Crippen molar-refractivity contribution in [3.05, 3.63) is 35.9 Å². The van der Waals surface area contributed by atoms with Crippen LogP contribution in [0.2, 0.25) is 0 Å². The lowest BCUT2D eigenvalue weighted by Crippen LogP contribution is -2.65. The van der Waals surface area contributed by atoms with E-state index in [9.17, 15) is 22.8 Å². The Morgan fingerprint density at radius 2 is 1.76 bits per heavy atom. The van der Waals surface area contributed by atoms with Crippen LogP contribution in [0.25, 0.3) is 0 Å². The molecule has 0 aromatic heterocycles. The summed E-state index contributed by atoms with van der Waals surface area (Å²) < 4.78 is 39.1. The summed E-state index contributed by atoms with van der Waals surface area (Å²) in [5, 5.41) is 2.72. The predicted octanol–water partition coefficient (Wildman–Crippen LogP) is 3.27. The number of nitrogens with zero attached hydrogens (tertiary/aromatic N) is 1. The van der Waals surface area contributed by atoms with E-state index in [2.05, 4.69) is 5.32 Å². The van der Waals surface area contributed by atoms with Crippen molar-refractivity contribution in [2.45, 2.75) is 51.9 Å². The van der Waals surface area contributed by atoms with Crippen LogP contribution in [-0.4, -0.2) is 35.0 Å². The highest BCUT2D eigenvalue weighted by molar-refractivity contribution is 5.94. The molecule has 0 spiro atoms. The molecule has 1 saturated heterocycles. The molecule has 1 atom stereocenters. The highest BCUT2D eigenvalue weighted by Crippen LogP contribution is 2.45. The number of nitrogens with one attached hydrogen (secondary N) is 1. The van der Waals surface area contributed by atoms with Gasteiger partial charge in [-0.2, -0.15) is 13.2 Å². The van der Waals surface area contributed by atoms with Crippen LogP contribution < -0.4 is 5.32 Å². The Labute approximate surface area is 145 Å². The van der Waals surface area contributed by atoms with Crippen LogP contribution in [0.15, 0.2) is 30.3 Å². The highest BCUT2D eigenvalue weighted by Gasteiger charge is 2.60. The zero-order valence-corrected chi connectivity index (χ0v) is 14.6. The van der Waals surface area contributed by atoms with Crippen molar-refractivity contribution < 1.29 is 22.8 Å². The van der Waals surface area contributed by atoms with Crippen molar-refractivity contribution in [2.75, 3.05) is 6.54 Å². The number of amides is 2. The molecule has 2 amide bonds. The summed E-state index contributed by atoms with van der Waals surface area (Å²) in [6.07, 6.45) is -4.43. The lowest BCUT2D eigenvalue weighted by atomic mass is 9.71. The summed E-state index contributed by atoms with van der Waals surface area (Å²) in [4.78, 5) is 25.6. The topological polar surface area (TPSA) is 49.4 Å². The van der Waals surface area contributed by atoms with E-state index in [0.717, 1.165) is 5.56 Å². The summed E-state index contributed by atoms with van der Waals surface area (Å²) in [5.41, 5.74) is -1.52. The molecule has 4 nitrogen and oxygen atoms in total. The summed E-state index contributed by atoms with van der Waals surface area (Å²) >= 11 is 0. The third kappa shape index (κ3) is 3.65. The first kappa shape index (κ1) is 19.3. The molecule has 1 aliphatic heterocycles. The maximum Gasteiger partial charge on any atom is 0.471 e. The van der Waals surface area contributed by atoms with Crippen LogP contribution in [0, 0.1) is 5.41 Å². The monoisotopic (exact) mass is 356 g/mol. The zero-order valence-electron chi connectivity index (χ0n) is 14.6. The van der Waals surface area contributed by atoms with Crippen molar-refractivity contribution in [1.82, 2.24) is 10.2 Å². The van der Waals surface area contributed by atoms with Gasteiger partial charge in [-0.3, -0.25) is 9.59 Å². The van der Waals surface area contributed by atoms with Gasteiger partial charge in [0.05, 0.1) is 0 Å². The van der Waals surface area contributed by atoms with Crippen LogP contribution in [0.4, 0.5) is 13.2 Å². The molecule has 0 radical (unpaired) electrons. The summed E-state index contributed by atoms with van der Waals surface area (Å²) in [6, 6.07) is 9.10. The van der Waals surface area contributed by atoms with Crippen molar-refractivity contribution in [3.8, 4) is 0 Å². The molecule has 1 unspecified atom stereocenters. The van der Waals surface area contributed by atoms with Gasteiger partial charge in [-0.05, 0) is 23.8 Å². The fourth-order valence-corrected chi connectivity index (χ4v) is 3.53. The van der Waals surface area contributed by atoms with Gasteiger partial charge >= 0.3 is 12.1 Å². The lowest BCUT2D eigenvalue weighted by Gasteiger charge is -2.46. The maximum atomic E-state index is 13.0. The van der Waals surface area contributed by atoms with Gasteiger partial charge in [-0.15, -0.1) is 0 Å². The molecule has 2 rings (SSSR count). The number of carbonyl (C=O) groups is 2. The fraction of sp³-hybridized carbons (Fsp3) is 0.556. The first-order valence-corrected chi connectivity index (χ1v) is 8.21. The second kappa shape index (κ2) is 6.69. The number of benzene rings is 1. The van der Waals surface area contributed by atoms with Crippen molar-refractivity contribution >= 4 is 11.8 Å². The van der Waals surface area contributed by atoms with Crippen LogP contribution in [0.3, 0.4) is 0 Å². The van der Waals surface area contributed by atoms with Gasteiger partial charge in [0.15, 0.2) is 0 Å². The molecule has 1 aromatic carbocycles. The van der Waals surface area contributed by atoms with E-state index in [1.165, 1.54) is 0 Å². The number of carbonyl (C=O) groups excluding carboxylic acids is 2. The Bertz CT molecular complexity index is 638. The fourth-order valence-electron chi connectivity index (χ4n) is 3.53. The molecule has 0 saturated carbocycles. The number of likely N-dealkylation sites (tertiary alicyclic amines) is 1. The van der Waals surface area contributed by atoms with Gasteiger partial charge in [0.2, 0.25) is 5.91 Å². The molecular formula is C18H23F3N2O2. The Balaban J connectivity index is 2.31. The molecule has 1 heterocycles. The zero-order chi connectivity index (χ0) is 18.9. The van der Waals surface area contributed by atoms with Crippen molar-refractivity contribution in [2.24, 2.45) is 5.41 Å². The average molecular weight is 356 g/mol.